The molecular formula is C11H13NO5. The van der Waals surface area contributed by atoms with E-state index in [1.165, 1.54) is 31.2 Å². The summed E-state index contributed by atoms with van der Waals surface area (Å²) in [5.41, 5.74) is 0. The third kappa shape index (κ3) is 4.98. The maximum absolute atomic E-state index is 11.1. The van der Waals surface area contributed by atoms with Crippen LogP contribution in [0.1, 0.15) is 6.92 Å². The number of carbonyl (C=O) groups excluding carboxylic acids is 2. The number of esters is 1. The number of nitrogens with one attached hydrogen (secondary N) is 1. The van der Waals surface area contributed by atoms with Gasteiger partial charge in [-0.2, -0.15) is 0 Å². The van der Waals surface area contributed by atoms with Crippen LogP contribution in [-0.2, 0) is 4.79 Å². The van der Waals surface area contributed by atoms with Crippen LogP contribution in [0.2, 0.25) is 0 Å². The topological polar surface area (TPSA) is 84.9 Å². The van der Waals surface area contributed by atoms with Crippen molar-refractivity contribution in [3.8, 4) is 11.5 Å². The Morgan fingerprint density at radius 1 is 1.18 bits per heavy atom. The van der Waals surface area contributed by atoms with E-state index in [1.54, 1.807) is 0 Å². The predicted octanol–water partition coefficient (Wildman–Crippen LogP) is 0.693. The zero-order valence-electron chi connectivity index (χ0n) is 9.30. The van der Waals surface area contributed by atoms with Crippen molar-refractivity contribution in [3.05, 3.63) is 24.3 Å². The van der Waals surface area contributed by atoms with Crippen molar-refractivity contribution >= 4 is 12.1 Å². The van der Waals surface area contributed by atoms with Crippen molar-refractivity contribution in [1.82, 2.24) is 5.32 Å². The third-order valence-corrected chi connectivity index (χ3v) is 1.68. The standard InChI is InChI=1S/C11H13NO5/c1-8(14)16-9-2-4-10(5-3-9)17-11(15)12-6-7-13/h2-5,13H,6-7H2,1H3,(H,12,15). The van der Waals surface area contributed by atoms with E-state index in [0.29, 0.717) is 11.5 Å². The first-order valence-corrected chi connectivity index (χ1v) is 4.97. The van der Waals surface area contributed by atoms with Crippen LogP contribution in [0.3, 0.4) is 0 Å². The van der Waals surface area contributed by atoms with E-state index in [-0.39, 0.29) is 13.2 Å². The molecule has 0 bridgehead atoms. The van der Waals surface area contributed by atoms with Gasteiger partial charge in [-0.1, -0.05) is 0 Å². The van der Waals surface area contributed by atoms with Crippen LogP contribution in [0.15, 0.2) is 24.3 Å². The molecule has 17 heavy (non-hydrogen) atoms. The molecule has 0 aliphatic heterocycles. The Kier molecular flexibility index (Phi) is 4.96. The van der Waals surface area contributed by atoms with Gasteiger partial charge in [-0.25, -0.2) is 4.79 Å². The Morgan fingerprint density at radius 2 is 1.71 bits per heavy atom. The minimum atomic E-state index is -0.653. The number of hydrogen-bond donors (Lipinski definition) is 2. The lowest BCUT2D eigenvalue weighted by Gasteiger charge is -2.06. The van der Waals surface area contributed by atoms with Crippen LogP contribution in [-0.4, -0.2) is 30.3 Å². The maximum Gasteiger partial charge on any atom is 0.412 e. The van der Waals surface area contributed by atoms with E-state index in [0.717, 1.165) is 0 Å². The molecule has 2 N–H and O–H groups in total. The summed E-state index contributed by atoms with van der Waals surface area (Å²) in [6.07, 6.45) is -0.653. The molecule has 0 saturated carbocycles. The number of aliphatic hydroxyl groups is 1. The molecule has 1 aromatic rings. The lowest BCUT2D eigenvalue weighted by atomic mass is 10.3. The fourth-order valence-corrected chi connectivity index (χ4v) is 1.04. The lowest BCUT2D eigenvalue weighted by molar-refractivity contribution is -0.131. The van der Waals surface area contributed by atoms with E-state index in [9.17, 15) is 9.59 Å². The van der Waals surface area contributed by atoms with Gasteiger partial charge in [0.15, 0.2) is 0 Å². The van der Waals surface area contributed by atoms with Crippen molar-refractivity contribution in [3.63, 3.8) is 0 Å². The minimum absolute atomic E-state index is 0.129. The second-order valence-corrected chi connectivity index (χ2v) is 3.10. The van der Waals surface area contributed by atoms with Gasteiger partial charge in [0.25, 0.3) is 0 Å². The highest BCUT2D eigenvalue weighted by Gasteiger charge is 2.04. The first-order chi connectivity index (χ1) is 8.11. The van der Waals surface area contributed by atoms with Gasteiger partial charge in [-0.05, 0) is 24.3 Å². The van der Waals surface area contributed by atoms with Gasteiger partial charge in [0.05, 0.1) is 6.61 Å². The van der Waals surface area contributed by atoms with Crippen LogP contribution in [0.4, 0.5) is 4.79 Å². The summed E-state index contributed by atoms with van der Waals surface area (Å²) >= 11 is 0. The highest BCUT2D eigenvalue weighted by Crippen LogP contribution is 2.17. The number of hydrogen-bond acceptors (Lipinski definition) is 5. The zero-order valence-corrected chi connectivity index (χ0v) is 9.30. The van der Waals surface area contributed by atoms with E-state index >= 15 is 0 Å². The van der Waals surface area contributed by atoms with E-state index in [2.05, 4.69) is 5.32 Å². The summed E-state index contributed by atoms with van der Waals surface area (Å²) in [5, 5.41) is 10.8. The molecule has 1 rings (SSSR count). The predicted molar refractivity (Wildman–Crippen MR) is 58.9 cm³/mol. The van der Waals surface area contributed by atoms with Crippen LogP contribution >= 0.6 is 0 Å². The van der Waals surface area contributed by atoms with Gasteiger partial charge in [-0.15, -0.1) is 0 Å². The number of rotatable bonds is 4. The molecule has 0 atom stereocenters. The maximum atomic E-state index is 11.1. The molecule has 0 aliphatic rings. The lowest BCUT2D eigenvalue weighted by Crippen LogP contribution is -2.29. The summed E-state index contributed by atoms with van der Waals surface area (Å²) in [4.78, 5) is 21.8. The van der Waals surface area contributed by atoms with Crippen LogP contribution < -0.4 is 14.8 Å². The van der Waals surface area contributed by atoms with Crippen molar-refractivity contribution in [2.24, 2.45) is 0 Å². The Bertz CT molecular complexity index is 387. The second kappa shape index (κ2) is 6.49. The van der Waals surface area contributed by atoms with Crippen molar-refractivity contribution in [1.29, 1.82) is 0 Å². The summed E-state index contributed by atoms with van der Waals surface area (Å²) < 4.78 is 9.69. The molecule has 0 fully saturated rings. The molecule has 0 heterocycles. The molecule has 6 heteroatoms. The number of benzene rings is 1. The number of amides is 1. The van der Waals surface area contributed by atoms with Gasteiger partial charge >= 0.3 is 12.1 Å². The monoisotopic (exact) mass is 239 g/mol. The molecule has 0 spiro atoms. The Morgan fingerprint density at radius 3 is 2.18 bits per heavy atom. The molecule has 0 radical (unpaired) electrons. The Hall–Kier alpha value is -2.08. The first-order valence-electron chi connectivity index (χ1n) is 4.97. The molecule has 0 unspecified atom stereocenters. The van der Waals surface area contributed by atoms with Gasteiger partial charge in [-0.3, -0.25) is 4.79 Å². The zero-order chi connectivity index (χ0) is 12.7. The van der Waals surface area contributed by atoms with Crippen molar-refractivity contribution < 1.29 is 24.2 Å². The van der Waals surface area contributed by atoms with Gasteiger partial charge in [0.1, 0.15) is 11.5 Å². The SMILES string of the molecule is CC(=O)Oc1ccc(OC(=O)NCCO)cc1. The summed E-state index contributed by atoms with van der Waals surface area (Å²) in [7, 11) is 0. The molecule has 92 valence electrons. The van der Waals surface area contributed by atoms with Gasteiger partial charge in [0, 0.05) is 13.5 Å². The summed E-state index contributed by atoms with van der Waals surface area (Å²) in [6, 6.07) is 6.01. The molecule has 1 aromatic carbocycles. The molecule has 0 saturated heterocycles. The molecule has 0 aromatic heterocycles. The highest BCUT2D eigenvalue weighted by atomic mass is 16.6. The number of carbonyl (C=O) groups is 2. The molecule has 6 nitrogen and oxygen atoms in total. The highest BCUT2D eigenvalue weighted by molar-refractivity contribution is 5.71. The molecule has 0 aliphatic carbocycles. The van der Waals surface area contributed by atoms with Gasteiger partial charge in [0.2, 0.25) is 0 Å². The minimum Gasteiger partial charge on any atom is -0.427 e. The van der Waals surface area contributed by atoms with Crippen LogP contribution in [0.5, 0.6) is 11.5 Å². The summed E-state index contributed by atoms with van der Waals surface area (Å²) in [6.45, 7) is 1.28. The van der Waals surface area contributed by atoms with Crippen molar-refractivity contribution in [2.45, 2.75) is 6.92 Å². The quantitative estimate of drug-likeness (QED) is 0.596. The second-order valence-electron chi connectivity index (χ2n) is 3.10. The normalized spacial score (nSPS) is 9.53. The van der Waals surface area contributed by atoms with Gasteiger partial charge < -0.3 is 19.9 Å². The Labute approximate surface area is 98.2 Å². The largest absolute Gasteiger partial charge is 0.427 e. The van der Waals surface area contributed by atoms with E-state index in [4.69, 9.17) is 14.6 Å². The third-order valence-electron chi connectivity index (χ3n) is 1.68. The number of ether oxygens (including phenoxy) is 2. The number of aliphatic hydroxyl groups excluding tert-OH is 1. The fourth-order valence-electron chi connectivity index (χ4n) is 1.04. The van der Waals surface area contributed by atoms with E-state index < -0.39 is 12.1 Å². The fraction of sp³-hybridized carbons (Fsp3) is 0.273. The Balaban J connectivity index is 2.50. The molecular weight excluding hydrogens is 226 g/mol. The average Bonchev–Trinajstić information content (AvgIpc) is 2.28. The smallest absolute Gasteiger partial charge is 0.412 e. The first kappa shape index (κ1) is 13.0. The average molecular weight is 239 g/mol. The summed E-state index contributed by atoms with van der Waals surface area (Å²) in [5.74, 6) is 0.274. The van der Waals surface area contributed by atoms with E-state index in [1.807, 2.05) is 0 Å². The van der Waals surface area contributed by atoms with Crippen molar-refractivity contribution in [2.75, 3.05) is 13.2 Å². The molecule has 1 amide bonds. The van der Waals surface area contributed by atoms with Crippen LogP contribution in [0, 0.1) is 0 Å². The van der Waals surface area contributed by atoms with Crippen LogP contribution in [0.25, 0.3) is 0 Å².